The summed E-state index contributed by atoms with van der Waals surface area (Å²) >= 11 is 0. The highest BCUT2D eigenvalue weighted by Crippen LogP contribution is 2.23. The first-order valence-corrected chi connectivity index (χ1v) is 5.91. The number of nitrogens with one attached hydrogen (secondary N) is 1. The van der Waals surface area contributed by atoms with Crippen LogP contribution in [0.3, 0.4) is 0 Å². The van der Waals surface area contributed by atoms with Gasteiger partial charge in [-0.1, -0.05) is 12.1 Å². The van der Waals surface area contributed by atoms with Crippen molar-refractivity contribution < 1.29 is 14.6 Å². The highest BCUT2D eigenvalue weighted by atomic mass is 16.6. The zero-order chi connectivity index (χ0) is 14.0. The van der Waals surface area contributed by atoms with Crippen LogP contribution in [0.2, 0.25) is 0 Å². The van der Waals surface area contributed by atoms with Crippen LogP contribution in [0.5, 0.6) is 5.75 Å². The van der Waals surface area contributed by atoms with Gasteiger partial charge in [0.1, 0.15) is 11.4 Å². The molecule has 0 radical (unpaired) electrons. The van der Waals surface area contributed by atoms with Crippen molar-refractivity contribution in [2.45, 2.75) is 45.8 Å². The van der Waals surface area contributed by atoms with Crippen LogP contribution in [0.4, 0.5) is 4.79 Å². The van der Waals surface area contributed by atoms with E-state index in [1.54, 1.807) is 18.2 Å². The van der Waals surface area contributed by atoms with Crippen molar-refractivity contribution in [1.82, 2.24) is 5.32 Å². The summed E-state index contributed by atoms with van der Waals surface area (Å²) in [6.07, 6.45) is -0.476. The molecule has 1 aromatic rings. The summed E-state index contributed by atoms with van der Waals surface area (Å²) in [6.45, 7) is 9.15. The van der Waals surface area contributed by atoms with Gasteiger partial charge in [-0.05, 0) is 52.3 Å². The summed E-state index contributed by atoms with van der Waals surface area (Å²) in [5, 5.41) is 12.2. The molecular formula is C14H21NO3. The number of hydrogen-bond acceptors (Lipinski definition) is 3. The van der Waals surface area contributed by atoms with Crippen LogP contribution in [-0.2, 0) is 10.3 Å². The van der Waals surface area contributed by atoms with Crippen LogP contribution < -0.4 is 5.32 Å². The third-order valence-electron chi connectivity index (χ3n) is 2.38. The molecule has 100 valence electrons. The summed E-state index contributed by atoms with van der Waals surface area (Å²) < 4.78 is 5.21. The van der Waals surface area contributed by atoms with E-state index in [0.717, 1.165) is 5.56 Å². The van der Waals surface area contributed by atoms with Crippen molar-refractivity contribution in [2.75, 3.05) is 0 Å². The van der Waals surface area contributed by atoms with E-state index in [0.29, 0.717) is 0 Å². The van der Waals surface area contributed by atoms with E-state index < -0.39 is 17.2 Å². The fraction of sp³-hybridized carbons (Fsp3) is 0.500. The number of rotatable bonds is 2. The molecule has 4 nitrogen and oxygen atoms in total. The second-order valence-electron chi connectivity index (χ2n) is 5.80. The molecule has 0 atom stereocenters. The van der Waals surface area contributed by atoms with Crippen LogP contribution in [0.25, 0.3) is 0 Å². The van der Waals surface area contributed by atoms with Gasteiger partial charge in [0.2, 0.25) is 0 Å². The number of aromatic hydroxyl groups is 1. The first kappa shape index (κ1) is 14.4. The molecule has 0 unspecified atom stereocenters. The smallest absolute Gasteiger partial charge is 0.408 e. The van der Waals surface area contributed by atoms with E-state index in [4.69, 9.17) is 4.74 Å². The standard InChI is InChI=1S/C14H21NO3/c1-13(2,3)18-12(17)15-14(4,5)10-7-6-8-11(16)9-10/h6-9,16H,1-5H3,(H,15,17). The fourth-order valence-electron chi connectivity index (χ4n) is 1.53. The predicted octanol–water partition coefficient (Wildman–Crippen LogP) is 3.15. The summed E-state index contributed by atoms with van der Waals surface area (Å²) in [6, 6.07) is 6.80. The Morgan fingerprint density at radius 2 is 1.83 bits per heavy atom. The minimum atomic E-state index is -0.610. The van der Waals surface area contributed by atoms with Crippen molar-refractivity contribution in [3.05, 3.63) is 29.8 Å². The molecule has 18 heavy (non-hydrogen) atoms. The average Bonchev–Trinajstić information content (AvgIpc) is 2.13. The lowest BCUT2D eigenvalue weighted by Crippen LogP contribution is -2.43. The number of alkyl carbamates (subject to hydrolysis) is 1. The molecule has 0 aromatic heterocycles. The number of ether oxygens (including phenoxy) is 1. The van der Waals surface area contributed by atoms with Crippen molar-refractivity contribution in [2.24, 2.45) is 0 Å². The van der Waals surface area contributed by atoms with Crippen LogP contribution in [0, 0.1) is 0 Å². The SMILES string of the molecule is CC(C)(C)OC(=O)NC(C)(C)c1cccc(O)c1. The monoisotopic (exact) mass is 251 g/mol. The summed E-state index contributed by atoms with van der Waals surface area (Å²) in [4.78, 5) is 11.7. The summed E-state index contributed by atoms with van der Waals surface area (Å²) in [5.41, 5.74) is -0.326. The van der Waals surface area contributed by atoms with E-state index in [1.807, 2.05) is 40.7 Å². The molecule has 0 aliphatic carbocycles. The number of carbonyl (C=O) groups is 1. The maximum atomic E-state index is 11.7. The van der Waals surface area contributed by atoms with Crippen LogP contribution in [-0.4, -0.2) is 16.8 Å². The molecule has 4 heteroatoms. The lowest BCUT2D eigenvalue weighted by atomic mass is 9.94. The van der Waals surface area contributed by atoms with Crippen molar-refractivity contribution >= 4 is 6.09 Å². The van der Waals surface area contributed by atoms with Gasteiger partial charge in [-0.25, -0.2) is 4.79 Å². The summed E-state index contributed by atoms with van der Waals surface area (Å²) in [7, 11) is 0. The predicted molar refractivity (Wildman–Crippen MR) is 70.5 cm³/mol. The minimum absolute atomic E-state index is 0.173. The Hall–Kier alpha value is -1.71. The van der Waals surface area contributed by atoms with Gasteiger partial charge in [-0.3, -0.25) is 0 Å². The van der Waals surface area contributed by atoms with Crippen LogP contribution >= 0.6 is 0 Å². The van der Waals surface area contributed by atoms with Gasteiger partial charge in [0.15, 0.2) is 0 Å². The van der Waals surface area contributed by atoms with Gasteiger partial charge in [-0.15, -0.1) is 0 Å². The van der Waals surface area contributed by atoms with Gasteiger partial charge in [0.25, 0.3) is 0 Å². The molecule has 0 saturated heterocycles. The Morgan fingerprint density at radius 3 is 2.33 bits per heavy atom. The van der Waals surface area contributed by atoms with Crippen LogP contribution in [0.1, 0.15) is 40.2 Å². The van der Waals surface area contributed by atoms with Crippen LogP contribution in [0.15, 0.2) is 24.3 Å². The number of benzene rings is 1. The highest BCUT2D eigenvalue weighted by Gasteiger charge is 2.26. The highest BCUT2D eigenvalue weighted by molar-refractivity contribution is 5.69. The Bertz CT molecular complexity index is 433. The lowest BCUT2D eigenvalue weighted by Gasteiger charge is -2.29. The molecule has 2 N–H and O–H groups in total. The van der Waals surface area contributed by atoms with E-state index in [1.165, 1.54) is 0 Å². The molecule has 0 saturated carbocycles. The van der Waals surface area contributed by atoms with Crippen molar-refractivity contribution in [1.29, 1.82) is 0 Å². The van der Waals surface area contributed by atoms with Crippen molar-refractivity contribution in [3.8, 4) is 5.75 Å². The summed E-state index contributed by atoms with van der Waals surface area (Å²) in [5.74, 6) is 0.173. The fourth-order valence-corrected chi connectivity index (χ4v) is 1.53. The molecule has 1 rings (SSSR count). The third-order valence-corrected chi connectivity index (χ3v) is 2.38. The molecule has 0 heterocycles. The Morgan fingerprint density at radius 1 is 1.22 bits per heavy atom. The van der Waals surface area contributed by atoms with E-state index in [-0.39, 0.29) is 5.75 Å². The number of amides is 1. The molecule has 0 bridgehead atoms. The number of phenolic OH excluding ortho intramolecular Hbond substituents is 1. The molecule has 0 aliphatic heterocycles. The molecule has 0 spiro atoms. The van der Waals surface area contributed by atoms with Gasteiger partial charge < -0.3 is 15.2 Å². The maximum Gasteiger partial charge on any atom is 0.408 e. The first-order chi connectivity index (χ1) is 8.10. The molecule has 1 amide bonds. The van der Waals surface area contributed by atoms with Gasteiger partial charge >= 0.3 is 6.09 Å². The number of phenols is 1. The van der Waals surface area contributed by atoms with E-state index >= 15 is 0 Å². The van der Waals surface area contributed by atoms with E-state index in [2.05, 4.69) is 5.32 Å². The second kappa shape index (κ2) is 4.88. The number of hydrogen-bond donors (Lipinski definition) is 2. The van der Waals surface area contributed by atoms with E-state index in [9.17, 15) is 9.90 Å². The normalized spacial score (nSPS) is 12.1. The maximum absolute atomic E-state index is 11.7. The average molecular weight is 251 g/mol. The van der Waals surface area contributed by atoms with Gasteiger partial charge in [0.05, 0.1) is 5.54 Å². The quantitative estimate of drug-likeness (QED) is 0.848. The molecule has 0 aliphatic rings. The van der Waals surface area contributed by atoms with Gasteiger partial charge in [0, 0.05) is 0 Å². The minimum Gasteiger partial charge on any atom is -0.508 e. The largest absolute Gasteiger partial charge is 0.508 e. The second-order valence-corrected chi connectivity index (χ2v) is 5.80. The Labute approximate surface area is 108 Å². The zero-order valence-corrected chi connectivity index (χ0v) is 11.6. The lowest BCUT2D eigenvalue weighted by molar-refractivity contribution is 0.0470. The first-order valence-electron chi connectivity index (χ1n) is 5.91. The topological polar surface area (TPSA) is 58.6 Å². The molecule has 1 aromatic carbocycles. The third kappa shape index (κ3) is 4.28. The van der Waals surface area contributed by atoms with Crippen molar-refractivity contribution in [3.63, 3.8) is 0 Å². The Balaban J connectivity index is 2.79. The Kier molecular flexibility index (Phi) is 3.89. The number of carbonyl (C=O) groups excluding carboxylic acids is 1. The molecular weight excluding hydrogens is 230 g/mol. The molecule has 0 fully saturated rings. The zero-order valence-electron chi connectivity index (χ0n) is 11.6. The van der Waals surface area contributed by atoms with Gasteiger partial charge in [-0.2, -0.15) is 0 Å².